The van der Waals surface area contributed by atoms with E-state index in [4.69, 9.17) is 0 Å². The number of hydrogen-bond acceptors (Lipinski definition) is 14. The maximum Gasteiger partial charge on any atom is 0.0122 e. The molecule has 0 aliphatic carbocycles. The van der Waals surface area contributed by atoms with Gasteiger partial charge < -0.3 is 71.1 Å². The average molecular weight is 1210 g/mol. The van der Waals surface area contributed by atoms with Crippen LogP contribution in [-0.4, -0.2) is 274 Å². The second-order valence-corrected chi connectivity index (χ2v) is 32.6. The maximum absolute atomic E-state index is 3.45. The molecule has 0 unspecified atom stereocenters. The predicted molar refractivity (Wildman–Crippen MR) is 391 cm³/mol. The van der Waals surface area contributed by atoms with Crippen molar-refractivity contribution in [3.05, 3.63) is 0 Å². The fraction of sp³-hybridized carbons (Fsp3) is 1.00. The van der Waals surface area contributed by atoms with E-state index in [9.17, 15) is 0 Å². The van der Waals surface area contributed by atoms with Crippen LogP contribution in [0.2, 0.25) is 0 Å². The molecular weight excluding hydrogens is 1040 g/mol. The molecule has 84 heavy (non-hydrogen) atoms. The topological polar surface area (TPSA) is 98.1 Å². The zero-order valence-electron chi connectivity index (χ0n) is 66.1. The average Bonchev–Trinajstić information content (AvgIpc) is 3.29. The Kier molecular flexibility index (Phi) is 65.6. The zero-order valence-corrected chi connectivity index (χ0v) is 66.1. The molecule has 0 spiro atoms. The van der Waals surface area contributed by atoms with Gasteiger partial charge in [-0.15, -0.1) is 0 Å². The van der Waals surface area contributed by atoms with E-state index in [2.05, 4.69) is 336 Å². The molecule has 0 radical (unpaired) electrons. The van der Waals surface area contributed by atoms with Crippen molar-refractivity contribution in [2.45, 2.75) is 276 Å². The number of nitrogens with one attached hydrogen (secondary N) is 6. The second kappa shape index (κ2) is 55.3. The van der Waals surface area contributed by atoms with E-state index >= 15 is 0 Å². The van der Waals surface area contributed by atoms with Crippen LogP contribution in [0.1, 0.15) is 231 Å². The minimum atomic E-state index is 0.260. The monoisotopic (exact) mass is 1210 g/mol. The quantitative estimate of drug-likeness (QED) is 0.0420. The minimum absolute atomic E-state index is 0.260. The van der Waals surface area contributed by atoms with Gasteiger partial charge in [0.05, 0.1) is 0 Å². The van der Waals surface area contributed by atoms with Gasteiger partial charge in [-0.2, -0.15) is 0 Å². The summed E-state index contributed by atoms with van der Waals surface area (Å²) in [7, 11) is 29.6. The van der Waals surface area contributed by atoms with Gasteiger partial charge in [-0.3, -0.25) is 0 Å². The molecule has 0 aromatic carbocycles. The third-order valence-electron chi connectivity index (χ3n) is 13.4. The van der Waals surface area contributed by atoms with Crippen LogP contribution in [0.3, 0.4) is 0 Å². The van der Waals surface area contributed by atoms with Gasteiger partial charge in [-0.05, 0) is 369 Å². The van der Waals surface area contributed by atoms with Gasteiger partial charge in [0.2, 0.25) is 0 Å². The molecule has 0 fully saturated rings. The highest BCUT2D eigenvalue weighted by Gasteiger charge is 2.18. The van der Waals surface area contributed by atoms with Crippen molar-refractivity contribution < 1.29 is 0 Å². The van der Waals surface area contributed by atoms with Gasteiger partial charge >= 0.3 is 0 Å². The maximum atomic E-state index is 3.45. The van der Waals surface area contributed by atoms with Crippen LogP contribution in [0.5, 0.6) is 0 Å². The first-order valence-corrected chi connectivity index (χ1v) is 33.3. The molecule has 0 saturated heterocycles. The Labute approximate surface area is 534 Å². The highest BCUT2D eigenvalue weighted by molar-refractivity contribution is 4.76. The molecule has 0 aliphatic rings. The van der Waals surface area contributed by atoms with Gasteiger partial charge in [-0.25, -0.2) is 0 Å². The van der Waals surface area contributed by atoms with Crippen molar-refractivity contribution in [2.75, 3.05) is 190 Å². The standard InChI is InChI=1S/C10H24N2.3C9H22N2.C9H21N.2C8H20N2.C8H19N/c1-10(2,3)12(6)9-7-8-11(4)5;1-9(2,3)11(6)8-7-10(4)5;1-9(2,3)10-7-6-8-11(4)5;1-9(2,3)11(5)8-6-7-10-4;1-6-7-8-10(5)9(2,3)4;1-8(2,3)9-6-7-10(4)5;1-8(2,3)10-7-5-6-9-4;1-5-6-7-9-8(2,3)4/h7-9H2,1-6H3;7-8H2,1-6H3;2*10H,6-8H2,1-5H3;6-8H2,1-5H3;9H,6-7H2,1-5H3;9-10H,5-7H2,1-4H3;9H,5-7H2,1-4H3. The molecule has 14 heteroatoms. The van der Waals surface area contributed by atoms with Crippen molar-refractivity contribution in [1.82, 2.24) is 71.1 Å². The molecule has 0 aliphatic heterocycles. The predicted octanol–water partition coefficient (Wildman–Crippen LogP) is 12.2. The van der Waals surface area contributed by atoms with E-state index in [1.54, 1.807) is 0 Å². The number of likely N-dealkylation sites (N-methyl/N-ethyl adjacent to an activating group) is 3. The number of hydrogen-bond donors (Lipinski definition) is 6. The third-order valence-corrected chi connectivity index (χ3v) is 13.4. The van der Waals surface area contributed by atoms with E-state index in [-0.39, 0.29) is 16.6 Å². The van der Waals surface area contributed by atoms with E-state index in [0.29, 0.717) is 27.7 Å². The molecule has 0 bridgehead atoms. The Hall–Kier alpha value is -0.560. The second-order valence-electron chi connectivity index (χ2n) is 32.6. The summed E-state index contributed by atoms with van der Waals surface area (Å²) < 4.78 is 0. The molecule has 14 nitrogen and oxygen atoms in total. The van der Waals surface area contributed by atoms with Gasteiger partial charge in [0.15, 0.2) is 0 Å². The summed E-state index contributed by atoms with van der Waals surface area (Å²) in [6.45, 7) is 73.6. The highest BCUT2D eigenvalue weighted by atomic mass is 15.2. The molecule has 0 atom stereocenters. The van der Waals surface area contributed by atoms with Crippen molar-refractivity contribution in [1.29, 1.82) is 0 Å². The summed E-state index contributed by atoms with van der Waals surface area (Å²) in [4.78, 5) is 18.4. The molecule has 520 valence electrons. The lowest BCUT2D eigenvalue weighted by atomic mass is 10.1. The van der Waals surface area contributed by atoms with E-state index < -0.39 is 0 Å². The van der Waals surface area contributed by atoms with Crippen LogP contribution < -0.4 is 31.9 Å². The number of nitrogens with zero attached hydrogens (tertiary/aromatic N) is 8. The fourth-order valence-electron chi connectivity index (χ4n) is 6.09. The molecule has 0 heterocycles. The summed E-state index contributed by atoms with van der Waals surface area (Å²) >= 11 is 0. The third kappa shape index (κ3) is 103. The van der Waals surface area contributed by atoms with E-state index in [1.807, 2.05) is 14.1 Å². The Morgan fingerprint density at radius 3 is 0.750 bits per heavy atom. The van der Waals surface area contributed by atoms with Crippen LogP contribution in [0, 0.1) is 0 Å². The molecule has 0 saturated carbocycles. The lowest BCUT2D eigenvalue weighted by Crippen LogP contribution is -2.41. The normalized spacial score (nSPS) is 12.6. The Balaban J connectivity index is -0.000000131. The van der Waals surface area contributed by atoms with Gasteiger partial charge in [0.1, 0.15) is 0 Å². The summed E-state index contributed by atoms with van der Waals surface area (Å²) in [6.07, 6.45) is 10.1. The molecule has 0 rings (SSSR count). The van der Waals surface area contributed by atoms with Crippen molar-refractivity contribution >= 4 is 0 Å². The molecule has 6 N–H and O–H groups in total. The van der Waals surface area contributed by atoms with Crippen LogP contribution in [0.15, 0.2) is 0 Å². The Bertz CT molecular complexity index is 1300. The number of unbranched alkanes of at least 4 members (excludes halogenated alkanes) is 2. The smallest absolute Gasteiger partial charge is 0.0122 e. The lowest BCUT2D eigenvalue weighted by Gasteiger charge is -2.32. The van der Waals surface area contributed by atoms with Gasteiger partial charge in [0.25, 0.3) is 0 Å². The van der Waals surface area contributed by atoms with Crippen LogP contribution in [0.4, 0.5) is 0 Å². The van der Waals surface area contributed by atoms with Crippen LogP contribution in [0.25, 0.3) is 0 Å². The minimum Gasteiger partial charge on any atom is -0.320 e. The first-order chi connectivity index (χ1) is 37.6. The summed E-state index contributed by atoms with van der Waals surface area (Å²) in [6, 6.07) is 0. The van der Waals surface area contributed by atoms with Crippen LogP contribution >= 0.6 is 0 Å². The van der Waals surface area contributed by atoms with E-state index in [1.165, 1.54) is 84.1 Å². The zero-order chi connectivity index (χ0) is 68.4. The van der Waals surface area contributed by atoms with Crippen molar-refractivity contribution in [3.63, 3.8) is 0 Å². The first-order valence-electron chi connectivity index (χ1n) is 33.3. The first kappa shape index (κ1) is 99.6. The molecular formula is C70H170N14. The lowest BCUT2D eigenvalue weighted by molar-refractivity contribution is 0.161. The summed E-state index contributed by atoms with van der Waals surface area (Å²) in [5.74, 6) is 0. The summed E-state index contributed by atoms with van der Waals surface area (Å²) in [5, 5.41) is 20.0. The van der Waals surface area contributed by atoms with Gasteiger partial charge in [-0.1, -0.05) is 26.7 Å². The fourth-order valence-corrected chi connectivity index (χ4v) is 6.09. The Morgan fingerprint density at radius 1 is 0.226 bits per heavy atom. The van der Waals surface area contributed by atoms with Crippen LogP contribution in [-0.2, 0) is 0 Å². The Morgan fingerprint density at radius 2 is 0.464 bits per heavy atom. The van der Waals surface area contributed by atoms with E-state index in [0.717, 1.165) is 58.9 Å². The summed E-state index contributed by atoms with van der Waals surface area (Å²) in [5.41, 5.74) is 2.37. The largest absolute Gasteiger partial charge is 0.320 e. The van der Waals surface area contributed by atoms with Crippen molar-refractivity contribution in [2.24, 2.45) is 0 Å². The highest BCUT2D eigenvalue weighted by Crippen LogP contribution is 2.13. The van der Waals surface area contributed by atoms with Crippen molar-refractivity contribution in [3.8, 4) is 0 Å². The molecule has 0 amide bonds. The SMILES string of the molecule is CCCCN(C)C(C)(C)C.CCCCNC(C)(C)C.CN(C)CCCN(C)C(C)(C)C.CN(C)CCCNC(C)(C)C.CN(C)CCN(C)C(C)(C)C.CN(C)CCNC(C)(C)C.CNCCCN(C)C(C)(C)C.CNCCCNC(C)(C)C. The molecule has 0 aromatic rings. The van der Waals surface area contributed by atoms with Gasteiger partial charge in [0, 0.05) is 70.5 Å². The number of rotatable bonds is 28. The molecule has 0 aromatic heterocycles.